The van der Waals surface area contributed by atoms with Crippen molar-refractivity contribution in [2.45, 2.75) is 44.6 Å². The van der Waals surface area contributed by atoms with Crippen molar-refractivity contribution < 1.29 is 9.59 Å². The highest BCUT2D eigenvalue weighted by molar-refractivity contribution is 5.85. The molecule has 5 nitrogen and oxygen atoms in total. The average molecular weight is 366 g/mol. The normalized spacial score (nSPS) is 20.7. The maximum Gasteiger partial charge on any atom is 0.239 e. The van der Waals surface area contributed by atoms with Gasteiger partial charge in [0.2, 0.25) is 11.8 Å². The second-order valence-corrected chi connectivity index (χ2v) is 6.74. The summed E-state index contributed by atoms with van der Waals surface area (Å²) in [5.74, 6) is 0.0553. The maximum absolute atomic E-state index is 12.3. The zero-order chi connectivity index (χ0) is 16.8. The molecule has 2 amide bonds. The van der Waals surface area contributed by atoms with E-state index in [0.717, 1.165) is 38.6 Å². The fourth-order valence-corrected chi connectivity index (χ4v) is 3.60. The molecule has 2 aliphatic heterocycles. The molecule has 0 bridgehead atoms. The number of halogens is 1. The lowest BCUT2D eigenvalue weighted by atomic mass is 9.94. The van der Waals surface area contributed by atoms with Gasteiger partial charge in [0, 0.05) is 25.6 Å². The van der Waals surface area contributed by atoms with Crippen molar-refractivity contribution in [1.82, 2.24) is 15.5 Å². The van der Waals surface area contributed by atoms with Crippen LogP contribution in [0.5, 0.6) is 0 Å². The molecule has 0 radical (unpaired) electrons. The summed E-state index contributed by atoms with van der Waals surface area (Å²) in [5.41, 5.74) is 2.63. The van der Waals surface area contributed by atoms with E-state index in [1.54, 1.807) is 4.90 Å². The van der Waals surface area contributed by atoms with Crippen LogP contribution in [0.25, 0.3) is 0 Å². The van der Waals surface area contributed by atoms with Gasteiger partial charge in [0.15, 0.2) is 0 Å². The summed E-state index contributed by atoms with van der Waals surface area (Å²) in [6.45, 7) is 2.39. The van der Waals surface area contributed by atoms with Crippen LogP contribution in [0, 0.1) is 0 Å². The molecular formula is C19H28ClN3O2. The number of nitrogens with zero attached hydrogens (tertiary/aromatic N) is 1. The molecule has 138 valence electrons. The minimum absolute atomic E-state index is 0. The van der Waals surface area contributed by atoms with E-state index in [-0.39, 0.29) is 36.8 Å². The zero-order valence-corrected chi connectivity index (χ0v) is 15.4. The van der Waals surface area contributed by atoms with Gasteiger partial charge in [-0.15, -0.1) is 12.4 Å². The van der Waals surface area contributed by atoms with Crippen LogP contribution < -0.4 is 10.6 Å². The zero-order valence-electron chi connectivity index (χ0n) is 14.6. The molecule has 1 unspecified atom stereocenters. The molecule has 1 fully saturated rings. The lowest BCUT2D eigenvalue weighted by Crippen LogP contribution is -2.44. The largest absolute Gasteiger partial charge is 0.353 e. The second kappa shape index (κ2) is 9.78. The number of carbonyl (C=O) groups is 2. The molecular weight excluding hydrogens is 338 g/mol. The smallest absolute Gasteiger partial charge is 0.239 e. The maximum atomic E-state index is 12.3. The number of likely N-dealkylation sites (tertiary alicyclic amines) is 1. The Morgan fingerprint density at radius 3 is 2.84 bits per heavy atom. The first kappa shape index (κ1) is 19.7. The van der Waals surface area contributed by atoms with Crippen molar-refractivity contribution in [3.05, 3.63) is 35.4 Å². The number of rotatable bonds is 4. The predicted molar refractivity (Wildman–Crippen MR) is 101 cm³/mol. The molecule has 1 aromatic rings. The molecule has 2 N–H and O–H groups in total. The molecule has 2 heterocycles. The summed E-state index contributed by atoms with van der Waals surface area (Å²) in [7, 11) is 0. The Kier molecular flexibility index (Phi) is 7.72. The van der Waals surface area contributed by atoms with Crippen LogP contribution in [0.2, 0.25) is 0 Å². The number of nitrogens with one attached hydrogen (secondary N) is 2. The lowest BCUT2D eigenvalue weighted by molar-refractivity contribution is -0.136. The summed E-state index contributed by atoms with van der Waals surface area (Å²) in [5, 5.41) is 6.47. The Balaban J connectivity index is 0.00000225. The van der Waals surface area contributed by atoms with Crippen LogP contribution in [0.3, 0.4) is 0 Å². The highest BCUT2D eigenvalue weighted by atomic mass is 35.5. The summed E-state index contributed by atoms with van der Waals surface area (Å²) < 4.78 is 0. The SMILES string of the molecule is Cl.O=C(CN1CCCCCCC1=O)NCC1NCCc2ccccc21. The van der Waals surface area contributed by atoms with Gasteiger partial charge in [-0.05, 0) is 36.9 Å². The van der Waals surface area contributed by atoms with E-state index in [9.17, 15) is 9.59 Å². The fourth-order valence-electron chi connectivity index (χ4n) is 3.60. The lowest BCUT2D eigenvalue weighted by Gasteiger charge is -2.28. The van der Waals surface area contributed by atoms with Gasteiger partial charge in [0.1, 0.15) is 0 Å². The molecule has 0 saturated carbocycles. The minimum atomic E-state index is -0.0613. The van der Waals surface area contributed by atoms with Crippen LogP contribution in [0.4, 0.5) is 0 Å². The number of amides is 2. The van der Waals surface area contributed by atoms with Gasteiger partial charge >= 0.3 is 0 Å². The molecule has 2 aliphatic rings. The summed E-state index contributed by atoms with van der Waals surface area (Å²) in [6, 6.07) is 8.54. The van der Waals surface area contributed by atoms with Gasteiger partial charge < -0.3 is 15.5 Å². The predicted octanol–water partition coefficient (Wildman–Crippen LogP) is 2.20. The number of hydrogen-bond acceptors (Lipinski definition) is 3. The Labute approximate surface area is 155 Å². The van der Waals surface area contributed by atoms with E-state index in [1.807, 2.05) is 6.07 Å². The second-order valence-electron chi connectivity index (χ2n) is 6.74. The third-order valence-corrected chi connectivity index (χ3v) is 4.97. The first-order valence-electron chi connectivity index (χ1n) is 9.10. The third-order valence-electron chi connectivity index (χ3n) is 4.97. The van der Waals surface area contributed by atoms with Crippen molar-refractivity contribution >= 4 is 24.2 Å². The van der Waals surface area contributed by atoms with E-state index in [2.05, 4.69) is 28.8 Å². The van der Waals surface area contributed by atoms with Crippen molar-refractivity contribution in [3.8, 4) is 0 Å². The van der Waals surface area contributed by atoms with Crippen LogP contribution in [-0.2, 0) is 16.0 Å². The van der Waals surface area contributed by atoms with E-state index >= 15 is 0 Å². The van der Waals surface area contributed by atoms with Crippen LogP contribution in [-0.4, -0.2) is 42.9 Å². The standard InChI is InChI=1S/C19H27N3O2.ClH/c23-18(14-22-12-6-2-1-3-9-19(22)24)21-13-17-16-8-5-4-7-15(16)10-11-20-17;/h4-5,7-8,17,20H,1-3,6,9-14H2,(H,21,23);1H. The number of benzene rings is 1. The Morgan fingerprint density at radius 1 is 1.16 bits per heavy atom. The van der Waals surface area contributed by atoms with Crippen molar-refractivity contribution in [2.24, 2.45) is 0 Å². The van der Waals surface area contributed by atoms with E-state index in [4.69, 9.17) is 0 Å². The third kappa shape index (κ3) is 5.44. The molecule has 1 saturated heterocycles. The number of carbonyl (C=O) groups excluding carboxylic acids is 2. The van der Waals surface area contributed by atoms with Gasteiger partial charge in [0.05, 0.1) is 6.54 Å². The van der Waals surface area contributed by atoms with Gasteiger partial charge in [-0.1, -0.05) is 37.1 Å². The van der Waals surface area contributed by atoms with E-state index in [0.29, 0.717) is 19.5 Å². The van der Waals surface area contributed by atoms with Crippen molar-refractivity contribution in [3.63, 3.8) is 0 Å². The van der Waals surface area contributed by atoms with Crippen molar-refractivity contribution in [1.29, 1.82) is 0 Å². The highest BCUT2D eigenvalue weighted by Crippen LogP contribution is 2.21. The first-order chi connectivity index (χ1) is 11.7. The molecule has 0 spiro atoms. The van der Waals surface area contributed by atoms with Gasteiger partial charge in [0.25, 0.3) is 0 Å². The van der Waals surface area contributed by atoms with Gasteiger partial charge in [-0.3, -0.25) is 9.59 Å². The quantitative estimate of drug-likeness (QED) is 0.859. The average Bonchev–Trinajstić information content (AvgIpc) is 2.59. The summed E-state index contributed by atoms with van der Waals surface area (Å²) in [4.78, 5) is 26.1. The molecule has 6 heteroatoms. The number of fused-ring (bicyclic) bond motifs is 1. The first-order valence-corrected chi connectivity index (χ1v) is 9.10. The Hall–Kier alpha value is -1.59. The molecule has 0 aromatic heterocycles. The van der Waals surface area contributed by atoms with Crippen molar-refractivity contribution in [2.75, 3.05) is 26.2 Å². The monoisotopic (exact) mass is 365 g/mol. The van der Waals surface area contributed by atoms with Gasteiger partial charge in [-0.2, -0.15) is 0 Å². The molecule has 25 heavy (non-hydrogen) atoms. The Bertz CT molecular complexity index is 594. The van der Waals surface area contributed by atoms with E-state index < -0.39 is 0 Å². The Morgan fingerprint density at radius 2 is 1.96 bits per heavy atom. The van der Waals surface area contributed by atoms with Crippen LogP contribution in [0.15, 0.2) is 24.3 Å². The van der Waals surface area contributed by atoms with Crippen LogP contribution in [0.1, 0.15) is 49.3 Å². The molecule has 1 atom stereocenters. The highest BCUT2D eigenvalue weighted by Gasteiger charge is 2.21. The topological polar surface area (TPSA) is 61.4 Å². The summed E-state index contributed by atoms with van der Waals surface area (Å²) >= 11 is 0. The van der Waals surface area contributed by atoms with E-state index in [1.165, 1.54) is 11.1 Å². The summed E-state index contributed by atoms with van der Waals surface area (Å²) in [6.07, 6.45) is 5.82. The number of hydrogen-bond donors (Lipinski definition) is 2. The molecule has 1 aromatic carbocycles. The fraction of sp³-hybridized carbons (Fsp3) is 0.579. The van der Waals surface area contributed by atoms with Gasteiger partial charge in [-0.25, -0.2) is 0 Å². The minimum Gasteiger partial charge on any atom is -0.353 e. The molecule has 3 rings (SSSR count). The van der Waals surface area contributed by atoms with Crippen LogP contribution >= 0.6 is 12.4 Å². The molecule has 0 aliphatic carbocycles.